The molecule has 6 heteroatoms. The van der Waals surface area contributed by atoms with Crippen molar-refractivity contribution in [3.8, 4) is 5.75 Å². The van der Waals surface area contributed by atoms with Crippen molar-refractivity contribution in [3.05, 3.63) is 29.8 Å². The summed E-state index contributed by atoms with van der Waals surface area (Å²) in [5.41, 5.74) is 0.625. The van der Waals surface area contributed by atoms with Crippen molar-refractivity contribution in [1.82, 2.24) is 10.6 Å². The number of carbonyl (C=O) groups excluding carboxylic acids is 1. The average Bonchev–Trinajstić information content (AvgIpc) is 3.06. The quantitative estimate of drug-likeness (QED) is 0.676. The van der Waals surface area contributed by atoms with Crippen LogP contribution in [0.3, 0.4) is 0 Å². The Morgan fingerprint density at radius 3 is 2.96 bits per heavy atom. The van der Waals surface area contributed by atoms with Gasteiger partial charge in [-0.1, -0.05) is 13.0 Å². The zero-order valence-corrected chi connectivity index (χ0v) is 14.5. The van der Waals surface area contributed by atoms with E-state index in [1.807, 2.05) is 12.1 Å². The number of hydrogen-bond donors (Lipinski definition) is 2. The molecule has 0 aromatic heterocycles. The van der Waals surface area contributed by atoms with Gasteiger partial charge >= 0.3 is 0 Å². The fraction of sp³-hybridized carbons (Fsp3) is 0.588. The van der Waals surface area contributed by atoms with Crippen molar-refractivity contribution in [3.63, 3.8) is 0 Å². The predicted molar refractivity (Wildman–Crippen MR) is 93.7 cm³/mol. The number of benzene rings is 1. The largest absolute Gasteiger partial charge is 0.491 e. The topological polar surface area (TPSA) is 59.6 Å². The maximum atomic E-state index is 12.1. The molecule has 1 aromatic carbocycles. The van der Waals surface area contributed by atoms with Crippen LogP contribution in [0.1, 0.15) is 36.5 Å². The first-order valence-corrected chi connectivity index (χ1v) is 8.13. The van der Waals surface area contributed by atoms with Crippen LogP contribution in [0, 0.1) is 0 Å². The Morgan fingerprint density at radius 1 is 1.35 bits per heavy atom. The third-order valence-corrected chi connectivity index (χ3v) is 3.57. The highest BCUT2D eigenvalue weighted by molar-refractivity contribution is 5.94. The van der Waals surface area contributed by atoms with Crippen LogP contribution in [-0.2, 0) is 4.74 Å². The number of ether oxygens (including phenoxy) is 2. The first-order valence-electron chi connectivity index (χ1n) is 8.13. The van der Waals surface area contributed by atoms with Gasteiger partial charge < -0.3 is 20.1 Å². The van der Waals surface area contributed by atoms with Crippen LogP contribution >= 0.6 is 12.4 Å². The van der Waals surface area contributed by atoms with Gasteiger partial charge in [0.15, 0.2) is 0 Å². The van der Waals surface area contributed by atoms with Crippen LogP contribution in [0.4, 0.5) is 0 Å². The van der Waals surface area contributed by atoms with Gasteiger partial charge in [-0.05, 0) is 44.0 Å². The fourth-order valence-corrected chi connectivity index (χ4v) is 2.36. The lowest BCUT2D eigenvalue weighted by atomic mass is 10.2. The van der Waals surface area contributed by atoms with E-state index in [0.717, 1.165) is 39.0 Å². The van der Waals surface area contributed by atoms with Crippen LogP contribution in [0.25, 0.3) is 0 Å². The number of carbonyl (C=O) groups is 1. The number of nitrogens with one attached hydrogen (secondary N) is 2. The van der Waals surface area contributed by atoms with E-state index in [2.05, 4.69) is 17.6 Å². The molecular weight excluding hydrogens is 316 g/mol. The highest BCUT2D eigenvalue weighted by atomic mass is 35.5. The number of halogens is 1. The molecule has 1 aliphatic heterocycles. The number of hydrogen-bond acceptors (Lipinski definition) is 4. The monoisotopic (exact) mass is 342 g/mol. The zero-order valence-electron chi connectivity index (χ0n) is 13.7. The highest BCUT2D eigenvalue weighted by Crippen LogP contribution is 2.17. The molecule has 2 N–H and O–H groups in total. The van der Waals surface area contributed by atoms with E-state index in [4.69, 9.17) is 9.47 Å². The van der Waals surface area contributed by atoms with Crippen molar-refractivity contribution < 1.29 is 14.3 Å². The van der Waals surface area contributed by atoms with Crippen LogP contribution in [0.2, 0.25) is 0 Å². The van der Waals surface area contributed by atoms with Crippen LogP contribution in [0.5, 0.6) is 5.75 Å². The second-order valence-corrected chi connectivity index (χ2v) is 5.48. The molecule has 1 atom stereocenters. The minimum Gasteiger partial charge on any atom is -0.491 e. The second-order valence-electron chi connectivity index (χ2n) is 5.48. The van der Waals surface area contributed by atoms with Crippen LogP contribution in [0.15, 0.2) is 24.3 Å². The van der Waals surface area contributed by atoms with E-state index in [0.29, 0.717) is 24.5 Å². The number of amides is 1. The van der Waals surface area contributed by atoms with Gasteiger partial charge in [-0.25, -0.2) is 0 Å². The summed E-state index contributed by atoms with van der Waals surface area (Å²) in [5, 5.41) is 6.15. The van der Waals surface area contributed by atoms with E-state index < -0.39 is 0 Å². The molecule has 1 saturated heterocycles. The normalized spacial score (nSPS) is 16.7. The average molecular weight is 343 g/mol. The Kier molecular flexibility index (Phi) is 9.67. The third kappa shape index (κ3) is 7.20. The summed E-state index contributed by atoms with van der Waals surface area (Å²) in [7, 11) is 0. The summed E-state index contributed by atoms with van der Waals surface area (Å²) in [6.45, 7) is 5.87. The van der Waals surface area contributed by atoms with Gasteiger partial charge in [0.1, 0.15) is 12.4 Å². The summed E-state index contributed by atoms with van der Waals surface area (Å²) in [6, 6.07) is 7.29. The maximum Gasteiger partial charge on any atom is 0.251 e. The zero-order chi connectivity index (χ0) is 15.6. The SMILES string of the molecule is CCCNCCNC(=O)c1cccc(OCC2CCCO2)c1.Cl. The fourth-order valence-electron chi connectivity index (χ4n) is 2.36. The molecule has 5 nitrogen and oxygen atoms in total. The molecule has 1 aliphatic rings. The van der Waals surface area contributed by atoms with Crippen molar-refractivity contribution in [2.45, 2.75) is 32.3 Å². The minimum absolute atomic E-state index is 0. The molecular formula is C17H27ClN2O3. The van der Waals surface area contributed by atoms with Crippen LogP contribution in [-0.4, -0.2) is 44.9 Å². The van der Waals surface area contributed by atoms with Crippen LogP contribution < -0.4 is 15.4 Å². The Labute approximate surface area is 144 Å². The van der Waals surface area contributed by atoms with E-state index in [1.165, 1.54) is 0 Å². The summed E-state index contributed by atoms with van der Waals surface area (Å²) in [4.78, 5) is 12.1. The van der Waals surface area contributed by atoms with Crippen molar-refractivity contribution in [2.24, 2.45) is 0 Å². The molecule has 1 heterocycles. The molecule has 1 aromatic rings. The third-order valence-electron chi connectivity index (χ3n) is 3.57. The Morgan fingerprint density at radius 2 is 2.22 bits per heavy atom. The van der Waals surface area contributed by atoms with Gasteiger partial charge in [0, 0.05) is 25.3 Å². The van der Waals surface area contributed by atoms with Gasteiger partial charge in [0.05, 0.1) is 6.10 Å². The van der Waals surface area contributed by atoms with Crippen molar-refractivity contribution in [1.29, 1.82) is 0 Å². The summed E-state index contributed by atoms with van der Waals surface area (Å²) < 4.78 is 11.2. The lowest BCUT2D eigenvalue weighted by molar-refractivity contribution is 0.0679. The molecule has 0 spiro atoms. The van der Waals surface area contributed by atoms with Gasteiger partial charge in [0.25, 0.3) is 5.91 Å². The molecule has 1 unspecified atom stereocenters. The molecule has 1 amide bonds. The summed E-state index contributed by atoms with van der Waals surface area (Å²) >= 11 is 0. The van der Waals surface area contributed by atoms with Gasteiger partial charge in [-0.2, -0.15) is 0 Å². The van der Waals surface area contributed by atoms with Crippen molar-refractivity contribution in [2.75, 3.05) is 32.8 Å². The molecule has 2 rings (SSSR count). The molecule has 1 fully saturated rings. The maximum absolute atomic E-state index is 12.1. The number of rotatable bonds is 9. The predicted octanol–water partition coefficient (Wildman–Crippen LogP) is 2.40. The molecule has 0 bridgehead atoms. The molecule has 23 heavy (non-hydrogen) atoms. The van der Waals surface area contributed by atoms with E-state index in [-0.39, 0.29) is 24.4 Å². The standard InChI is InChI=1S/C17H26N2O3.ClH/c1-2-8-18-9-10-19-17(20)14-5-3-6-15(12-14)22-13-16-7-4-11-21-16;/h3,5-6,12,16,18H,2,4,7-11,13H2,1H3,(H,19,20);1H. The lowest BCUT2D eigenvalue weighted by Crippen LogP contribution is -2.32. The Bertz CT molecular complexity index is 465. The lowest BCUT2D eigenvalue weighted by Gasteiger charge is -2.12. The molecule has 0 aliphatic carbocycles. The van der Waals surface area contributed by atoms with E-state index in [1.54, 1.807) is 12.1 Å². The molecule has 130 valence electrons. The Balaban J connectivity index is 0.00000264. The smallest absolute Gasteiger partial charge is 0.251 e. The Hall–Kier alpha value is -1.30. The molecule has 0 saturated carbocycles. The van der Waals surface area contributed by atoms with Crippen molar-refractivity contribution >= 4 is 18.3 Å². The van der Waals surface area contributed by atoms with Gasteiger partial charge in [-0.3, -0.25) is 4.79 Å². The highest BCUT2D eigenvalue weighted by Gasteiger charge is 2.16. The van der Waals surface area contributed by atoms with E-state index in [9.17, 15) is 4.79 Å². The molecule has 0 radical (unpaired) electrons. The first kappa shape index (κ1) is 19.7. The van der Waals surface area contributed by atoms with E-state index >= 15 is 0 Å². The summed E-state index contributed by atoms with van der Waals surface area (Å²) in [5.74, 6) is 0.646. The van der Waals surface area contributed by atoms with Gasteiger partial charge in [-0.15, -0.1) is 12.4 Å². The second kappa shape index (κ2) is 11.3. The summed E-state index contributed by atoms with van der Waals surface area (Å²) in [6.07, 6.45) is 3.42. The minimum atomic E-state index is -0.0686. The first-order chi connectivity index (χ1) is 10.8. The van der Waals surface area contributed by atoms with Gasteiger partial charge in [0.2, 0.25) is 0 Å².